The van der Waals surface area contributed by atoms with Gasteiger partial charge in [-0.3, -0.25) is 4.79 Å². The monoisotopic (exact) mass is 411 g/mol. The molecule has 1 aromatic carbocycles. The van der Waals surface area contributed by atoms with Gasteiger partial charge in [0.1, 0.15) is 5.82 Å². The van der Waals surface area contributed by atoms with Crippen LogP contribution < -0.4 is 9.64 Å². The molecule has 0 bridgehead atoms. The molecule has 2 heterocycles. The number of piperazine rings is 1. The van der Waals surface area contributed by atoms with Gasteiger partial charge in [0.05, 0.1) is 12.2 Å². The largest absolute Gasteiger partial charge is 0.491 e. The van der Waals surface area contributed by atoms with E-state index in [1.54, 1.807) is 17.0 Å². The number of rotatable bonds is 6. The number of benzene rings is 1. The molecule has 0 unspecified atom stereocenters. The Kier molecular flexibility index (Phi) is 6.56. The molecule has 1 aliphatic rings. The van der Waals surface area contributed by atoms with Gasteiger partial charge >= 0.3 is 6.18 Å². The molecule has 0 N–H and O–H groups in total. The first kappa shape index (κ1) is 20.9. The van der Waals surface area contributed by atoms with E-state index >= 15 is 0 Å². The standard InChI is InChI=1S/C20H21F4N3O2/c21-16-4-1-2-5-17(16)29-13-3-6-19(28)27-11-9-26(10-12-27)18-8-7-15(14-25-18)20(22,23)24/h1-2,4-5,7-8,14H,3,6,9-13H2. The van der Waals surface area contributed by atoms with Crippen LogP contribution in [-0.4, -0.2) is 48.6 Å². The summed E-state index contributed by atoms with van der Waals surface area (Å²) in [6.07, 6.45) is -2.84. The van der Waals surface area contributed by atoms with Crippen molar-refractivity contribution in [3.8, 4) is 5.75 Å². The average Bonchev–Trinajstić information content (AvgIpc) is 2.72. The van der Waals surface area contributed by atoms with Gasteiger partial charge in [-0.05, 0) is 30.7 Å². The fourth-order valence-corrected chi connectivity index (χ4v) is 3.05. The second-order valence-corrected chi connectivity index (χ2v) is 6.65. The fourth-order valence-electron chi connectivity index (χ4n) is 3.05. The molecule has 1 saturated heterocycles. The number of alkyl halides is 3. The first-order valence-corrected chi connectivity index (χ1v) is 9.28. The highest BCUT2D eigenvalue weighted by atomic mass is 19.4. The fraction of sp³-hybridized carbons (Fsp3) is 0.400. The summed E-state index contributed by atoms with van der Waals surface area (Å²) in [6, 6.07) is 8.45. The van der Waals surface area contributed by atoms with Crippen molar-refractivity contribution in [3.63, 3.8) is 0 Å². The highest BCUT2D eigenvalue weighted by Gasteiger charge is 2.31. The zero-order valence-corrected chi connectivity index (χ0v) is 15.7. The van der Waals surface area contributed by atoms with Crippen molar-refractivity contribution in [3.05, 3.63) is 54.0 Å². The molecule has 1 aromatic heterocycles. The van der Waals surface area contributed by atoms with E-state index in [4.69, 9.17) is 4.74 Å². The van der Waals surface area contributed by atoms with E-state index in [1.165, 1.54) is 18.2 Å². The third-order valence-electron chi connectivity index (χ3n) is 4.66. The summed E-state index contributed by atoms with van der Waals surface area (Å²) in [6.45, 7) is 2.17. The van der Waals surface area contributed by atoms with Crippen LogP contribution in [0.25, 0.3) is 0 Å². The van der Waals surface area contributed by atoms with Crippen molar-refractivity contribution in [2.24, 2.45) is 0 Å². The van der Waals surface area contributed by atoms with Crippen LogP contribution in [0.4, 0.5) is 23.4 Å². The highest BCUT2D eigenvalue weighted by Crippen LogP contribution is 2.29. The lowest BCUT2D eigenvalue weighted by molar-refractivity contribution is -0.138. The molecule has 29 heavy (non-hydrogen) atoms. The molecule has 3 rings (SSSR count). The zero-order valence-electron chi connectivity index (χ0n) is 15.7. The van der Waals surface area contributed by atoms with Crippen molar-refractivity contribution in [1.82, 2.24) is 9.88 Å². The molecular formula is C20H21F4N3O2. The maximum absolute atomic E-state index is 13.5. The minimum absolute atomic E-state index is 0.0258. The summed E-state index contributed by atoms with van der Waals surface area (Å²) >= 11 is 0. The molecule has 1 amide bonds. The minimum atomic E-state index is -4.41. The van der Waals surface area contributed by atoms with Crippen LogP contribution in [0.15, 0.2) is 42.6 Å². The Bertz CT molecular complexity index is 819. The molecule has 156 valence electrons. The number of carbonyl (C=O) groups is 1. The summed E-state index contributed by atoms with van der Waals surface area (Å²) in [5, 5.41) is 0. The summed E-state index contributed by atoms with van der Waals surface area (Å²) in [4.78, 5) is 19.8. The van der Waals surface area contributed by atoms with Crippen molar-refractivity contribution in [2.45, 2.75) is 19.0 Å². The average molecular weight is 411 g/mol. The number of anilines is 1. The van der Waals surface area contributed by atoms with E-state index in [1.807, 2.05) is 4.90 Å². The van der Waals surface area contributed by atoms with Gasteiger partial charge in [-0.15, -0.1) is 0 Å². The van der Waals surface area contributed by atoms with E-state index < -0.39 is 17.6 Å². The highest BCUT2D eigenvalue weighted by molar-refractivity contribution is 5.76. The molecule has 0 saturated carbocycles. The van der Waals surface area contributed by atoms with Crippen molar-refractivity contribution in [1.29, 1.82) is 0 Å². The van der Waals surface area contributed by atoms with Gasteiger partial charge in [-0.1, -0.05) is 12.1 Å². The minimum Gasteiger partial charge on any atom is -0.491 e. The third kappa shape index (κ3) is 5.58. The summed E-state index contributed by atoms with van der Waals surface area (Å²) in [7, 11) is 0. The normalized spacial score (nSPS) is 14.8. The van der Waals surface area contributed by atoms with Crippen molar-refractivity contribution in [2.75, 3.05) is 37.7 Å². The first-order chi connectivity index (χ1) is 13.8. The summed E-state index contributed by atoms with van der Waals surface area (Å²) in [5.41, 5.74) is -0.785. The Morgan fingerprint density at radius 2 is 1.79 bits per heavy atom. The van der Waals surface area contributed by atoms with Crippen LogP contribution in [-0.2, 0) is 11.0 Å². The van der Waals surface area contributed by atoms with Gasteiger partial charge in [0, 0.05) is 38.8 Å². The van der Waals surface area contributed by atoms with Gasteiger partial charge in [0.15, 0.2) is 11.6 Å². The molecule has 1 aliphatic heterocycles. The van der Waals surface area contributed by atoms with E-state index in [2.05, 4.69) is 4.98 Å². The molecular weight excluding hydrogens is 390 g/mol. The molecule has 9 heteroatoms. The van der Waals surface area contributed by atoms with Crippen LogP contribution >= 0.6 is 0 Å². The Morgan fingerprint density at radius 1 is 1.07 bits per heavy atom. The van der Waals surface area contributed by atoms with E-state index in [-0.39, 0.29) is 24.7 Å². The number of amides is 1. The maximum atomic E-state index is 13.5. The van der Waals surface area contributed by atoms with Crippen molar-refractivity contribution >= 4 is 11.7 Å². The van der Waals surface area contributed by atoms with Gasteiger partial charge in [0.25, 0.3) is 0 Å². The topological polar surface area (TPSA) is 45.7 Å². The summed E-state index contributed by atoms with van der Waals surface area (Å²) in [5.74, 6) is 0.162. The van der Waals surface area contributed by atoms with Gasteiger partial charge in [-0.2, -0.15) is 13.2 Å². The second kappa shape index (κ2) is 9.11. The molecule has 1 fully saturated rings. The van der Waals surface area contributed by atoms with Crippen molar-refractivity contribution < 1.29 is 27.1 Å². The van der Waals surface area contributed by atoms with Crippen LogP contribution in [0.1, 0.15) is 18.4 Å². The van der Waals surface area contributed by atoms with Gasteiger partial charge in [-0.25, -0.2) is 9.37 Å². The van der Waals surface area contributed by atoms with Crippen LogP contribution in [0.2, 0.25) is 0 Å². The second-order valence-electron chi connectivity index (χ2n) is 6.65. The number of ether oxygens (including phenoxy) is 1. The van der Waals surface area contributed by atoms with Crippen LogP contribution in [0, 0.1) is 5.82 Å². The van der Waals surface area contributed by atoms with E-state index in [9.17, 15) is 22.4 Å². The number of hydrogen-bond acceptors (Lipinski definition) is 4. The Labute approximate surface area is 165 Å². The summed E-state index contributed by atoms with van der Waals surface area (Å²) < 4.78 is 56.7. The first-order valence-electron chi connectivity index (χ1n) is 9.28. The predicted octanol–water partition coefficient (Wildman–Crippen LogP) is 3.75. The number of hydrogen-bond donors (Lipinski definition) is 0. The number of para-hydroxylation sites is 1. The predicted molar refractivity (Wildman–Crippen MR) is 99.2 cm³/mol. The van der Waals surface area contributed by atoms with Crippen LogP contribution in [0.3, 0.4) is 0 Å². The molecule has 2 aromatic rings. The number of halogens is 4. The number of aromatic nitrogens is 1. The van der Waals surface area contributed by atoms with Gasteiger partial charge in [0.2, 0.25) is 5.91 Å². The lowest BCUT2D eigenvalue weighted by Crippen LogP contribution is -2.49. The number of pyridine rings is 1. The molecule has 0 atom stereocenters. The Hall–Kier alpha value is -2.84. The Balaban J connectivity index is 1.41. The molecule has 5 nitrogen and oxygen atoms in total. The SMILES string of the molecule is O=C(CCCOc1ccccc1F)N1CCN(c2ccc(C(F)(F)F)cn2)CC1. The molecule has 0 aliphatic carbocycles. The molecule has 0 spiro atoms. The van der Waals surface area contributed by atoms with Crippen LogP contribution in [0.5, 0.6) is 5.75 Å². The lowest BCUT2D eigenvalue weighted by atomic mass is 10.2. The zero-order chi connectivity index (χ0) is 20.9. The number of nitrogens with zero attached hydrogens (tertiary/aromatic N) is 3. The van der Waals surface area contributed by atoms with Gasteiger partial charge < -0.3 is 14.5 Å². The third-order valence-corrected chi connectivity index (χ3v) is 4.66. The molecule has 0 radical (unpaired) electrons. The quantitative estimate of drug-likeness (QED) is 0.537. The lowest BCUT2D eigenvalue weighted by Gasteiger charge is -2.35. The number of carbonyl (C=O) groups excluding carboxylic acids is 1. The smallest absolute Gasteiger partial charge is 0.417 e. The Morgan fingerprint density at radius 3 is 2.41 bits per heavy atom. The maximum Gasteiger partial charge on any atom is 0.417 e. The van der Waals surface area contributed by atoms with E-state index in [0.29, 0.717) is 38.4 Å². The van der Waals surface area contributed by atoms with E-state index in [0.717, 1.165) is 12.3 Å².